The number of carbonyl (C=O) groups excluding carboxylic acids is 1. The summed E-state index contributed by atoms with van der Waals surface area (Å²) in [7, 11) is 0. The lowest BCUT2D eigenvalue weighted by molar-refractivity contribution is 0.0944. The van der Waals surface area contributed by atoms with Gasteiger partial charge in [0, 0.05) is 11.5 Å². The van der Waals surface area contributed by atoms with Gasteiger partial charge in [-0.1, -0.05) is 13.0 Å². The Balaban J connectivity index is 2.45. The highest BCUT2D eigenvalue weighted by molar-refractivity contribution is 5.93. The SMILES string of the molecule is CC1COCc2ccc(C(N)=O)cc21. The fourth-order valence-corrected chi connectivity index (χ4v) is 1.77. The predicted octanol–water partition coefficient (Wildman–Crippen LogP) is 1.42. The zero-order chi connectivity index (χ0) is 10.1. The van der Waals surface area contributed by atoms with Gasteiger partial charge in [-0.15, -0.1) is 0 Å². The standard InChI is InChI=1S/C11H13NO2/c1-7-5-14-6-9-3-2-8(11(12)13)4-10(7)9/h2-4,7H,5-6H2,1H3,(H2,12,13). The molecule has 0 saturated carbocycles. The number of hydrogen-bond acceptors (Lipinski definition) is 2. The molecule has 1 aromatic carbocycles. The topological polar surface area (TPSA) is 52.3 Å². The van der Waals surface area contributed by atoms with Crippen molar-refractivity contribution < 1.29 is 9.53 Å². The molecule has 2 N–H and O–H groups in total. The minimum Gasteiger partial charge on any atom is -0.376 e. The van der Waals surface area contributed by atoms with E-state index in [4.69, 9.17) is 10.5 Å². The maximum atomic E-state index is 11.0. The number of primary amides is 1. The van der Waals surface area contributed by atoms with E-state index in [-0.39, 0.29) is 5.91 Å². The average Bonchev–Trinajstić information content (AvgIpc) is 2.18. The molecule has 14 heavy (non-hydrogen) atoms. The number of nitrogens with two attached hydrogens (primary N) is 1. The van der Waals surface area contributed by atoms with Gasteiger partial charge in [-0.25, -0.2) is 0 Å². The molecule has 1 amide bonds. The molecule has 0 spiro atoms. The van der Waals surface area contributed by atoms with E-state index in [2.05, 4.69) is 6.92 Å². The highest BCUT2D eigenvalue weighted by atomic mass is 16.5. The summed E-state index contributed by atoms with van der Waals surface area (Å²) in [5.74, 6) is -0.0236. The van der Waals surface area contributed by atoms with Crippen LogP contribution in [0.2, 0.25) is 0 Å². The number of ether oxygens (including phenoxy) is 1. The summed E-state index contributed by atoms with van der Waals surface area (Å²) in [5.41, 5.74) is 8.15. The normalized spacial score (nSPS) is 20.2. The lowest BCUT2D eigenvalue weighted by Gasteiger charge is -2.22. The predicted molar refractivity (Wildman–Crippen MR) is 53.0 cm³/mol. The van der Waals surface area contributed by atoms with E-state index in [0.717, 1.165) is 12.2 Å². The zero-order valence-corrected chi connectivity index (χ0v) is 8.12. The van der Waals surface area contributed by atoms with Gasteiger partial charge in [0.25, 0.3) is 0 Å². The molecular formula is C11H13NO2. The number of hydrogen-bond donors (Lipinski definition) is 1. The van der Waals surface area contributed by atoms with Gasteiger partial charge in [-0.3, -0.25) is 4.79 Å². The van der Waals surface area contributed by atoms with Crippen LogP contribution in [0.4, 0.5) is 0 Å². The summed E-state index contributed by atoms with van der Waals surface area (Å²) in [6.07, 6.45) is 0. The van der Waals surface area contributed by atoms with E-state index >= 15 is 0 Å². The minimum absolute atomic E-state index is 0.345. The summed E-state index contributed by atoms with van der Waals surface area (Å²) >= 11 is 0. The quantitative estimate of drug-likeness (QED) is 0.729. The monoisotopic (exact) mass is 191 g/mol. The van der Waals surface area contributed by atoms with Crippen LogP contribution in [0.5, 0.6) is 0 Å². The van der Waals surface area contributed by atoms with Gasteiger partial charge in [0.1, 0.15) is 0 Å². The second-order valence-corrected chi connectivity index (χ2v) is 3.69. The van der Waals surface area contributed by atoms with E-state index in [1.54, 1.807) is 6.07 Å². The molecule has 3 heteroatoms. The van der Waals surface area contributed by atoms with E-state index in [1.165, 1.54) is 5.56 Å². The Hall–Kier alpha value is -1.35. The van der Waals surface area contributed by atoms with E-state index < -0.39 is 0 Å². The second-order valence-electron chi connectivity index (χ2n) is 3.69. The third-order valence-electron chi connectivity index (χ3n) is 2.59. The van der Waals surface area contributed by atoms with Crippen molar-refractivity contribution in [3.05, 3.63) is 34.9 Å². The van der Waals surface area contributed by atoms with Gasteiger partial charge >= 0.3 is 0 Å². The van der Waals surface area contributed by atoms with E-state index in [1.807, 2.05) is 12.1 Å². The Morgan fingerprint density at radius 3 is 3.07 bits per heavy atom. The first-order chi connectivity index (χ1) is 6.68. The summed E-state index contributed by atoms with van der Waals surface area (Å²) in [5, 5.41) is 0. The lowest BCUT2D eigenvalue weighted by atomic mass is 9.92. The number of carbonyl (C=O) groups is 1. The lowest BCUT2D eigenvalue weighted by Crippen LogP contribution is -2.17. The summed E-state index contributed by atoms with van der Waals surface area (Å²) < 4.78 is 5.39. The van der Waals surface area contributed by atoms with Crippen LogP contribution in [0, 0.1) is 0 Å². The Morgan fingerprint density at radius 2 is 2.36 bits per heavy atom. The summed E-state index contributed by atoms with van der Waals surface area (Å²) in [6, 6.07) is 5.55. The van der Waals surface area contributed by atoms with Crippen molar-refractivity contribution in [3.63, 3.8) is 0 Å². The fraction of sp³-hybridized carbons (Fsp3) is 0.364. The number of fused-ring (bicyclic) bond motifs is 1. The van der Waals surface area contributed by atoms with Crippen LogP contribution in [0.1, 0.15) is 34.3 Å². The molecule has 0 radical (unpaired) electrons. The van der Waals surface area contributed by atoms with Crippen LogP contribution in [0.3, 0.4) is 0 Å². The largest absolute Gasteiger partial charge is 0.376 e. The zero-order valence-electron chi connectivity index (χ0n) is 8.12. The average molecular weight is 191 g/mol. The van der Waals surface area contributed by atoms with Crippen molar-refractivity contribution in [1.82, 2.24) is 0 Å². The molecule has 0 fully saturated rings. The molecule has 0 aliphatic carbocycles. The van der Waals surface area contributed by atoms with Gasteiger partial charge in [0.05, 0.1) is 13.2 Å². The Labute approximate surface area is 82.9 Å². The molecule has 0 bridgehead atoms. The number of amides is 1. The van der Waals surface area contributed by atoms with Crippen LogP contribution in [-0.2, 0) is 11.3 Å². The molecule has 0 saturated heterocycles. The maximum absolute atomic E-state index is 11.0. The molecule has 1 unspecified atom stereocenters. The van der Waals surface area contributed by atoms with Crippen molar-refractivity contribution >= 4 is 5.91 Å². The van der Waals surface area contributed by atoms with Gasteiger partial charge in [-0.05, 0) is 23.3 Å². The van der Waals surface area contributed by atoms with Gasteiger partial charge in [-0.2, -0.15) is 0 Å². The highest BCUT2D eigenvalue weighted by Crippen LogP contribution is 2.26. The maximum Gasteiger partial charge on any atom is 0.248 e. The summed E-state index contributed by atoms with van der Waals surface area (Å²) in [6.45, 7) is 3.44. The molecule has 2 rings (SSSR count). The highest BCUT2D eigenvalue weighted by Gasteiger charge is 2.17. The van der Waals surface area contributed by atoms with Crippen LogP contribution in [-0.4, -0.2) is 12.5 Å². The van der Waals surface area contributed by atoms with Crippen LogP contribution < -0.4 is 5.73 Å². The molecule has 74 valence electrons. The van der Waals surface area contributed by atoms with Crippen molar-refractivity contribution in [2.75, 3.05) is 6.61 Å². The molecule has 1 aromatic rings. The van der Waals surface area contributed by atoms with Gasteiger partial charge in [0.2, 0.25) is 5.91 Å². The van der Waals surface area contributed by atoms with Crippen molar-refractivity contribution in [2.45, 2.75) is 19.4 Å². The Morgan fingerprint density at radius 1 is 1.57 bits per heavy atom. The van der Waals surface area contributed by atoms with Crippen molar-refractivity contribution in [1.29, 1.82) is 0 Å². The number of rotatable bonds is 1. The molecular weight excluding hydrogens is 178 g/mol. The van der Waals surface area contributed by atoms with Crippen molar-refractivity contribution in [2.24, 2.45) is 5.73 Å². The van der Waals surface area contributed by atoms with Crippen molar-refractivity contribution in [3.8, 4) is 0 Å². The third kappa shape index (κ3) is 1.51. The number of benzene rings is 1. The van der Waals surface area contributed by atoms with E-state index in [0.29, 0.717) is 18.1 Å². The molecule has 0 aromatic heterocycles. The van der Waals surface area contributed by atoms with Gasteiger partial charge < -0.3 is 10.5 Å². The first-order valence-corrected chi connectivity index (χ1v) is 4.69. The molecule has 1 heterocycles. The molecule has 1 aliphatic rings. The second kappa shape index (κ2) is 3.42. The van der Waals surface area contributed by atoms with E-state index in [9.17, 15) is 4.79 Å². The first-order valence-electron chi connectivity index (χ1n) is 4.69. The first kappa shape index (κ1) is 9.21. The molecule has 1 aliphatic heterocycles. The molecule has 3 nitrogen and oxygen atoms in total. The third-order valence-corrected chi connectivity index (χ3v) is 2.59. The van der Waals surface area contributed by atoms with Crippen LogP contribution >= 0.6 is 0 Å². The van der Waals surface area contributed by atoms with Gasteiger partial charge in [0.15, 0.2) is 0 Å². The Kier molecular flexibility index (Phi) is 2.25. The fourth-order valence-electron chi connectivity index (χ4n) is 1.77. The summed E-state index contributed by atoms with van der Waals surface area (Å²) in [4.78, 5) is 11.0. The minimum atomic E-state index is -0.369. The van der Waals surface area contributed by atoms with Crippen LogP contribution in [0.15, 0.2) is 18.2 Å². The molecule has 1 atom stereocenters. The smallest absolute Gasteiger partial charge is 0.248 e. The van der Waals surface area contributed by atoms with Crippen LogP contribution in [0.25, 0.3) is 0 Å². The Bertz CT molecular complexity index is 374.